The fourth-order valence-electron chi connectivity index (χ4n) is 9.74. The average molecular weight is 968 g/mol. The summed E-state index contributed by atoms with van der Waals surface area (Å²) in [5.41, 5.74) is 8.41. The Morgan fingerprint density at radius 3 is 2.40 bits per heavy atom. The zero-order chi connectivity index (χ0) is 49.7. The molecule has 16 heteroatoms. The van der Waals surface area contributed by atoms with Crippen molar-refractivity contribution < 1.29 is 29.0 Å². The molecule has 0 spiro atoms. The maximum Gasteiger partial charge on any atom is 0.260 e. The van der Waals surface area contributed by atoms with Crippen LogP contribution in [0.1, 0.15) is 111 Å². The Kier molecular flexibility index (Phi) is 15.4. The normalized spacial score (nSPS) is 17.9. The molecular weight excluding hydrogens is 903 g/mol. The van der Waals surface area contributed by atoms with Gasteiger partial charge in [0.1, 0.15) is 11.5 Å². The van der Waals surface area contributed by atoms with Crippen molar-refractivity contribution in [2.75, 3.05) is 48.5 Å². The molecule has 0 unspecified atom stereocenters. The summed E-state index contributed by atoms with van der Waals surface area (Å²) in [6.07, 6.45) is 5.74. The van der Waals surface area contributed by atoms with E-state index in [9.17, 15) is 24.3 Å². The van der Waals surface area contributed by atoms with Crippen molar-refractivity contribution in [2.24, 2.45) is 11.3 Å². The molecule has 1 aliphatic carbocycles. The fraction of sp³-hybridized carbons (Fsp3) is 0.426. The predicted molar refractivity (Wildman–Crippen MR) is 275 cm³/mol. The molecule has 70 heavy (non-hydrogen) atoms. The Morgan fingerprint density at radius 2 is 1.70 bits per heavy atom. The highest BCUT2D eigenvalue weighted by atomic mass is 32.1. The number of anilines is 5. The van der Waals surface area contributed by atoms with Crippen LogP contribution in [0.25, 0.3) is 10.4 Å². The van der Waals surface area contributed by atoms with Crippen molar-refractivity contribution in [3.05, 3.63) is 119 Å². The first-order chi connectivity index (χ1) is 33.6. The number of aromatic nitrogens is 3. The van der Waals surface area contributed by atoms with Crippen LogP contribution in [0.2, 0.25) is 0 Å². The van der Waals surface area contributed by atoms with Crippen molar-refractivity contribution >= 4 is 63.7 Å². The van der Waals surface area contributed by atoms with Gasteiger partial charge in [0.05, 0.1) is 58.9 Å². The third-order valence-corrected chi connectivity index (χ3v) is 14.7. The van der Waals surface area contributed by atoms with Gasteiger partial charge in [0.25, 0.3) is 11.8 Å². The minimum Gasteiger partial charge on any atom is -0.391 e. The number of nitrogens with zero attached hydrogens (tertiary/aromatic N) is 6. The molecule has 15 nitrogen and oxygen atoms in total. The minimum atomic E-state index is -0.706. The van der Waals surface area contributed by atoms with Gasteiger partial charge in [-0.05, 0) is 79.6 Å². The molecule has 4 atom stereocenters. The highest BCUT2D eigenvalue weighted by molar-refractivity contribution is 7.13. The minimum absolute atomic E-state index is 0.0406. The number of likely N-dealkylation sites (tertiary alicyclic amines) is 1. The topological polar surface area (TPSA) is 182 Å². The maximum atomic E-state index is 14.3. The maximum absolute atomic E-state index is 14.3. The van der Waals surface area contributed by atoms with E-state index in [1.165, 1.54) is 0 Å². The SMILES string of the molecule is C=C(N[C@@H](C)c1ccc(-c2scnc2C)cc1)[C@@H]1C[C@@H](O)CN1C(=O)[C@@H](CC(=O)CCOCCNC(=O)c1ccc(Nc2ncc3c(n2)N(C2CCCC2)c2ccccc2C(=O)N3C)cc1)C(C)(C)C. The van der Waals surface area contributed by atoms with E-state index < -0.39 is 23.5 Å². The number of hydrogen-bond donors (Lipinski definition) is 4. The monoisotopic (exact) mass is 967 g/mol. The lowest BCUT2D eigenvalue weighted by Gasteiger charge is -2.36. The summed E-state index contributed by atoms with van der Waals surface area (Å²) in [5, 5.41) is 20.4. The molecule has 4 heterocycles. The standard InChI is InChI=1S/C54H65N9O6S/c1-33(36-16-18-37(19-17-36)48-35(3)57-32-70-48)58-34(2)46-29-42(65)31-62(46)52(68)44(54(4,5)6)28-41(64)24-26-69-27-25-55-50(66)38-20-22-39(23-21-38)59-53-56-30-47-49(60-53)63(40-12-8-9-13-40)45-15-11-10-14-43(45)51(67)61(47)7/h10-11,14-23,30,32-33,40,42,44,46,58,65H,2,8-9,12-13,24-29,31H2,1,3-7H3,(H,55,66)(H,56,59,60)/t33-,42+,44+,46-/m0/s1. The molecule has 0 bridgehead atoms. The van der Waals surface area contributed by atoms with Crippen molar-refractivity contribution in [1.29, 1.82) is 0 Å². The van der Waals surface area contributed by atoms with Crippen LogP contribution in [0.4, 0.5) is 28.8 Å². The van der Waals surface area contributed by atoms with Crippen molar-refractivity contribution in [2.45, 2.75) is 104 Å². The third kappa shape index (κ3) is 11.2. The molecule has 1 saturated heterocycles. The van der Waals surface area contributed by atoms with E-state index in [0.29, 0.717) is 46.4 Å². The quantitative estimate of drug-likeness (QED) is 0.0613. The number of aliphatic hydroxyl groups excluding tert-OH is 1. The molecule has 2 aliphatic heterocycles. The number of thiazole rings is 1. The Morgan fingerprint density at radius 1 is 0.971 bits per heavy atom. The predicted octanol–water partition coefficient (Wildman–Crippen LogP) is 8.91. The van der Waals surface area contributed by atoms with Gasteiger partial charge >= 0.3 is 0 Å². The second-order valence-corrected chi connectivity index (χ2v) is 20.6. The van der Waals surface area contributed by atoms with Crippen LogP contribution in [0.3, 0.4) is 0 Å². The molecule has 1 saturated carbocycles. The molecule has 368 valence electrons. The van der Waals surface area contributed by atoms with Crippen molar-refractivity contribution in [3.63, 3.8) is 0 Å². The molecule has 2 aromatic heterocycles. The Labute approximate surface area is 414 Å². The molecular formula is C54H65N9O6S. The summed E-state index contributed by atoms with van der Waals surface area (Å²) in [4.78, 5) is 74.8. The van der Waals surface area contributed by atoms with E-state index in [1.54, 1.807) is 58.6 Å². The van der Waals surface area contributed by atoms with Gasteiger partial charge in [0.2, 0.25) is 11.9 Å². The summed E-state index contributed by atoms with van der Waals surface area (Å²) < 4.78 is 5.75. The summed E-state index contributed by atoms with van der Waals surface area (Å²) in [7, 11) is 1.75. The number of carbonyl (C=O) groups is 4. The number of benzene rings is 3. The van der Waals surface area contributed by atoms with Crippen LogP contribution in [0.15, 0.2) is 96.8 Å². The number of hydrogen-bond acceptors (Lipinski definition) is 13. The number of aryl methyl sites for hydroxylation is 1. The zero-order valence-electron chi connectivity index (χ0n) is 41.0. The summed E-state index contributed by atoms with van der Waals surface area (Å²) in [5.74, 6) is -0.223. The second kappa shape index (κ2) is 21.7. The number of amides is 3. The third-order valence-electron chi connectivity index (χ3n) is 13.7. The molecule has 2 fully saturated rings. The lowest BCUT2D eigenvalue weighted by Crippen LogP contribution is -2.47. The van der Waals surface area contributed by atoms with Gasteiger partial charge in [-0.25, -0.2) is 9.97 Å². The number of ketones is 1. The van der Waals surface area contributed by atoms with E-state index in [0.717, 1.165) is 53.1 Å². The fourth-order valence-corrected chi connectivity index (χ4v) is 10.6. The van der Waals surface area contributed by atoms with Crippen LogP contribution in [0.5, 0.6) is 0 Å². The second-order valence-electron chi connectivity index (χ2n) is 19.8. The molecule has 0 radical (unpaired) electrons. The highest BCUT2D eigenvalue weighted by Crippen LogP contribution is 2.44. The Hall–Kier alpha value is -6.49. The number of para-hydroxylation sites is 1. The number of carbonyl (C=O) groups excluding carboxylic acids is 4. The van der Waals surface area contributed by atoms with Crippen LogP contribution < -0.4 is 25.8 Å². The number of nitrogens with one attached hydrogen (secondary N) is 3. The first kappa shape index (κ1) is 49.9. The number of ether oxygens (including phenoxy) is 1. The summed E-state index contributed by atoms with van der Waals surface area (Å²) in [6, 6.07) is 22.7. The van der Waals surface area contributed by atoms with E-state index in [4.69, 9.17) is 9.72 Å². The lowest BCUT2D eigenvalue weighted by molar-refractivity contribution is -0.142. The highest BCUT2D eigenvalue weighted by Gasteiger charge is 2.43. The van der Waals surface area contributed by atoms with Gasteiger partial charge in [-0.1, -0.05) is 76.6 Å². The van der Waals surface area contributed by atoms with Crippen molar-refractivity contribution in [3.8, 4) is 10.4 Å². The van der Waals surface area contributed by atoms with Gasteiger partial charge in [-0.15, -0.1) is 11.3 Å². The van der Waals surface area contributed by atoms with E-state index in [2.05, 4.69) is 61.7 Å². The summed E-state index contributed by atoms with van der Waals surface area (Å²) in [6.45, 7) is 15.0. The van der Waals surface area contributed by atoms with E-state index in [1.807, 2.05) is 64.4 Å². The number of β-amino-alcohol motifs (C(OH)–C–C–N with tert-alkyl or cyclic N) is 1. The molecule has 3 amide bonds. The summed E-state index contributed by atoms with van der Waals surface area (Å²) >= 11 is 1.61. The van der Waals surface area contributed by atoms with Gasteiger partial charge in [-0.3, -0.25) is 19.2 Å². The smallest absolute Gasteiger partial charge is 0.260 e. The molecule has 4 N–H and O–H groups in total. The van der Waals surface area contributed by atoms with Crippen molar-refractivity contribution in [1.82, 2.24) is 30.5 Å². The van der Waals surface area contributed by atoms with Gasteiger partial charge in [-0.2, -0.15) is 4.98 Å². The van der Waals surface area contributed by atoms with Crippen LogP contribution in [-0.4, -0.2) is 100 Å². The zero-order valence-corrected chi connectivity index (χ0v) is 41.9. The van der Waals surface area contributed by atoms with Crippen LogP contribution >= 0.6 is 11.3 Å². The number of aliphatic hydroxyl groups is 1. The molecule has 3 aliphatic rings. The van der Waals surface area contributed by atoms with E-state index in [-0.39, 0.29) is 74.7 Å². The molecule has 3 aromatic carbocycles. The molecule has 8 rings (SSSR count). The largest absolute Gasteiger partial charge is 0.391 e. The van der Waals surface area contributed by atoms with E-state index >= 15 is 0 Å². The van der Waals surface area contributed by atoms with Crippen LogP contribution in [-0.2, 0) is 14.3 Å². The van der Waals surface area contributed by atoms with Gasteiger partial charge < -0.3 is 40.5 Å². The van der Waals surface area contributed by atoms with Gasteiger partial charge in [0.15, 0.2) is 5.82 Å². The van der Waals surface area contributed by atoms with Gasteiger partial charge in [0, 0.05) is 74.3 Å². The number of fused-ring (bicyclic) bond motifs is 2. The number of Topliss-reactive ketones (excluding diaryl/α,β-unsaturated/α-hetero) is 1. The Balaban J connectivity index is 0.790. The first-order valence-electron chi connectivity index (χ1n) is 24.3. The Bertz CT molecular complexity index is 2690. The van der Waals surface area contributed by atoms with Crippen LogP contribution in [0, 0.1) is 18.3 Å². The average Bonchev–Trinajstić information content (AvgIpc) is 4.12. The first-order valence-corrected chi connectivity index (χ1v) is 25.2. The lowest BCUT2D eigenvalue weighted by atomic mass is 9.76. The molecule has 5 aromatic rings. The number of rotatable bonds is 18.